The molecular formula is C17H20. The molecule has 0 amide bonds. The fourth-order valence-electron chi connectivity index (χ4n) is 2.25. The van der Waals surface area contributed by atoms with E-state index in [1.807, 2.05) is 0 Å². The Kier molecular flexibility index (Phi) is 3.63. The molecule has 0 aromatic heterocycles. The highest BCUT2D eigenvalue weighted by Gasteiger charge is 2.20. The van der Waals surface area contributed by atoms with Crippen molar-refractivity contribution in [3.63, 3.8) is 0 Å². The number of rotatable bonds is 0. The summed E-state index contributed by atoms with van der Waals surface area (Å²) in [5.74, 6) is 1.17. The largest absolute Gasteiger partial charge is 0.0955 e. The molecular weight excluding hydrogens is 204 g/mol. The number of allylic oxidation sites excluding steroid dienone is 11. The van der Waals surface area contributed by atoms with Gasteiger partial charge in [0.2, 0.25) is 0 Å². The van der Waals surface area contributed by atoms with E-state index in [2.05, 4.69) is 69.0 Å². The minimum atomic E-state index is 0.581. The Bertz CT molecular complexity index is 452. The van der Waals surface area contributed by atoms with Crippen LogP contribution in [-0.4, -0.2) is 0 Å². The van der Waals surface area contributed by atoms with E-state index < -0.39 is 0 Å². The highest BCUT2D eigenvalue weighted by Crippen LogP contribution is 2.33. The topological polar surface area (TPSA) is 0 Å². The van der Waals surface area contributed by atoms with E-state index in [-0.39, 0.29) is 0 Å². The third kappa shape index (κ3) is 2.76. The maximum absolute atomic E-state index is 4.03. The monoisotopic (exact) mass is 224 g/mol. The van der Waals surface area contributed by atoms with Gasteiger partial charge in [-0.3, -0.25) is 0 Å². The molecule has 2 unspecified atom stereocenters. The second kappa shape index (κ2) is 5.18. The summed E-state index contributed by atoms with van der Waals surface area (Å²) in [6, 6.07) is 0. The minimum Gasteiger partial charge on any atom is -0.0955 e. The third-order valence-corrected chi connectivity index (χ3v) is 3.70. The third-order valence-electron chi connectivity index (χ3n) is 3.70. The number of hydrogen-bond acceptors (Lipinski definition) is 0. The Morgan fingerprint density at radius 3 is 2.18 bits per heavy atom. The number of hydrogen-bond donors (Lipinski definition) is 0. The van der Waals surface area contributed by atoms with Crippen LogP contribution in [0.15, 0.2) is 71.9 Å². The van der Waals surface area contributed by atoms with Crippen LogP contribution < -0.4 is 0 Å². The minimum absolute atomic E-state index is 0.581. The molecule has 3 aliphatic carbocycles. The van der Waals surface area contributed by atoms with Crippen LogP contribution in [0.4, 0.5) is 0 Å². The van der Waals surface area contributed by atoms with Gasteiger partial charge in [0.1, 0.15) is 0 Å². The van der Waals surface area contributed by atoms with Crippen molar-refractivity contribution >= 4 is 0 Å². The van der Waals surface area contributed by atoms with Crippen LogP contribution in [-0.2, 0) is 0 Å². The zero-order valence-corrected chi connectivity index (χ0v) is 10.7. The maximum Gasteiger partial charge on any atom is -0.0100 e. The average molecular weight is 224 g/mol. The summed E-state index contributed by atoms with van der Waals surface area (Å²) in [6.45, 7) is 8.63. The predicted octanol–water partition coefficient (Wildman–Crippen LogP) is 4.75. The SMILES string of the molecule is C=C1C=C/C=C2C=C/C(=C/C=C\C1)C(C)C/2C. The van der Waals surface area contributed by atoms with Crippen LogP contribution in [0.3, 0.4) is 0 Å². The van der Waals surface area contributed by atoms with Crippen molar-refractivity contribution in [3.8, 4) is 0 Å². The second-order valence-corrected chi connectivity index (χ2v) is 4.89. The van der Waals surface area contributed by atoms with Crippen molar-refractivity contribution < 1.29 is 0 Å². The fraction of sp³-hybridized carbons (Fsp3) is 0.294. The molecule has 0 N–H and O–H groups in total. The summed E-state index contributed by atoms with van der Waals surface area (Å²) < 4.78 is 0. The standard InChI is InChI=1S/C17H20/c1-13-7-4-5-9-16-11-12-17(10-6-8-13)15(3)14(16)2/h4-6,8-12,14-15H,1,7H2,2-3H3/b5-4-,8-6?,16-9-,17-10-. The fourth-order valence-corrected chi connectivity index (χ4v) is 2.25. The van der Waals surface area contributed by atoms with Crippen LogP contribution in [0.2, 0.25) is 0 Å². The van der Waals surface area contributed by atoms with E-state index in [1.165, 1.54) is 11.1 Å². The summed E-state index contributed by atoms with van der Waals surface area (Å²) in [5.41, 5.74) is 3.97. The average Bonchev–Trinajstić information content (AvgIpc) is 2.30. The van der Waals surface area contributed by atoms with Gasteiger partial charge in [-0.1, -0.05) is 74.6 Å². The van der Waals surface area contributed by atoms with E-state index in [0.29, 0.717) is 11.8 Å². The zero-order chi connectivity index (χ0) is 12.3. The van der Waals surface area contributed by atoms with Gasteiger partial charge in [-0.2, -0.15) is 0 Å². The molecule has 0 aliphatic heterocycles. The Morgan fingerprint density at radius 2 is 1.53 bits per heavy atom. The first-order chi connectivity index (χ1) is 8.18. The Labute approximate surface area is 104 Å². The van der Waals surface area contributed by atoms with E-state index in [4.69, 9.17) is 0 Å². The molecule has 0 fully saturated rings. The number of fused-ring (bicyclic) bond motifs is 6. The Hall–Kier alpha value is -1.56. The molecule has 0 nitrogen and oxygen atoms in total. The van der Waals surface area contributed by atoms with Gasteiger partial charge < -0.3 is 0 Å². The normalized spacial score (nSPS) is 36.5. The lowest BCUT2D eigenvalue weighted by atomic mass is 9.78. The molecule has 0 radical (unpaired) electrons. The lowest BCUT2D eigenvalue weighted by Crippen LogP contribution is -2.15. The molecule has 3 rings (SSSR count). The van der Waals surface area contributed by atoms with E-state index in [9.17, 15) is 0 Å². The molecule has 0 spiro atoms. The van der Waals surface area contributed by atoms with E-state index in [0.717, 1.165) is 12.0 Å². The van der Waals surface area contributed by atoms with Gasteiger partial charge in [-0.05, 0) is 29.4 Å². The van der Waals surface area contributed by atoms with Crippen molar-refractivity contribution in [1.29, 1.82) is 0 Å². The van der Waals surface area contributed by atoms with Crippen molar-refractivity contribution in [2.75, 3.05) is 0 Å². The smallest absolute Gasteiger partial charge is 0.0100 e. The molecule has 0 aromatic rings. The maximum atomic E-state index is 4.03. The highest BCUT2D eigenvalue weighted by molar-refractivity contribution is 5.41. The molecule has 0 heterocycles. The zero-order valence-electron chi connectivity index (χ0n) is 10.7. The van der Waals surface area contributed by atoms with Gasteiger partial charge in [0.15, 0.2) is 0 Å². The van der Waals surface area contributed by atoms with Gasteiger partial charge in [-0.15, -0.1) is 0 Å². The molecule has 0 saturated carbocycles. The van der Waals surface area contributed by atoms with Crippen molar-refractivity contribution in [2.24, 2.45) is 11.8 Å². The van der Waals surface area contributed by atoms with Gasteiger partial charge in [0.05, 0.1) is 0 Å². The molecule has 0 heteroatoms. The first kappa shape index (κ1) is 11.9. The summed E-state index contributed by atoms with van der Waals surface area (Å²) in [5, 5.41) is 0. The second-order valence-electron chi connectivity index (χ2n) is 4.89. The van der Waals surface area contributed by atoms with Crippen molar-refractivity contribution in [2.45, 2.75) is 20.3 Å². The van der Waals surface area contributed by atoms with Crippen LogP contribution in [0.25, 0.3) is 0 Å². The highest BCUT2D eigenvalue weighted by atomic mass is 14.2. The van der Waals surface area contributed by atoms with E-state index >= 15 is 0 Å². The van der Waals surface area contributed by atoms with Crippen molar-refractivity contribution in [3.05, 3.63) is 71.9 Å². The van der Waals surface area contributed by atoms with Gasteiger partial charge in [0, 0.05) is 0 Å². The van der Waals surface area contributed by atoms with Gasteiger partial charge >= 0.3 is 0 Å². The molecule has 88 valence electrons. The van der Waals surface area contributed by atoms with Crippen LogP contribution in [0, 0.1) is 11.8 Å². The van der Waals surface area contributed by atoms with Crippen LogP contribution >= 0.6 is 0 Å². The summed E-state index contributed by atoms with van der Waals surface area (Å²) in [6.07, 6.45) is 18.4. The van der Waals surface area contributed by atoms with Gasteiger partial charge in [-0.25, -0.2) is 0 Å². The quantitative estimate of drug-likeness (QED) is 0.557. The van der Waals surface area contributed by atoms with Crippen molar-refractivity contribution in [1.82, 2.24) is 0 Å². The van der Waals surface area contributed by atoms with Crippen LogP contribution in [0.1, 0.15) is 20.3 Å². The molecule has 17 heavy (non-hydrogen) atoms. The van der Waals surface area contributed by atoms with Crippen LogP contribution in [0.5, 0.6) is 0 Å². The summed E-state index contributed by atoms with van der Waals surface area (Å²) in [7, 11) is 0. The summed E-state index contributed by atoms with van der Waals surface area (Å²) in [4.78, 5) is 0. The lowest BCUT2D eigenvalue weighted by Gasteiger charge is -2.26. The first-order valence-electron chi connectivity index (χ1n) is 6.29. The molecule has 3 aliphatic rings. The van der Waals surface area contributed by atoms with E-state index in [1.54, 1.807) is 0 Å². The van der Waals surface area contributed by atoms with Gasteiger partial charge in [0.25, 0.3) is 0 Å². The Balaban J connectivity index is 2.42. The molecule has 0 saturated heterocycles. The summed E-state index contributed by atoms with van der Waals surface area (Å²) >= 11 is 0. The lowest BCUT2D eigenvalue weighted by molar-refractivity contribution is 0.512. The Morgan fingerprint density at radius 1 is 0.941 bits per heavy atom. The molecule has 0 aromatic carbocycles. The molecule has 2 bridgehead atoms. The predicted molar refractivity (Wildman–Crippen MR) is 75.7 cm³/mol. The first-order valence-corrected chi connectivity index (χ1v) is 6.29. The molecule has 2 atom stereocenters.